The average Bonchev–Trinajstić information content (AvgIpc) is 3.14. The Morgan fingerprint density at radius 1 is 1.24 bits per heavy atom. The van der Waals surface area contributed by atoms with Gasteiger partial charge in [-0.15, -0.1) is 0 Å². The molecule has 25 heavy (non-hydrogen) atoms. The molecule has 1 heterocycles. The van der Waals surface area contributed by atoms with E-state index in [0.29, 0.717) is 6.54 Å². The molecule has 0 spiro atoms. The second kappa shape index (κ2) is 9.61. The van der Waals surface area contributed by atoms with Crippen LogP contribution in [0.1, 0.15) is 31.2 Å². The predicted molar refractivity (Wildman–Crippen MR) is 99.5 cm³/mol. The fourth-order valence-electron chi connectivity index (χ4n) is 2.51. The van der Waals surface area contributed by atoms with Gasteiger partial charge in [0.2, 0.25) is 0 Å². The molecule has 1 aromatic carbocycles. The number of benzene rings is 1. The molecule has 1 atom stereocenters. The van der Waals surface area contributed by atoms with Crippen LogP contribution in [0.25, 0.3) is 0 Å². The Morgan fingerprint density at radius 2 is 2.08 bits per heavy atom. The number of hydrogen-bond acceptors (Lipinski definition) is 4. The fourth-order valence-corrected chi connectivity index (χ4v) is 2.51. The van der Waals surface area contributed by atoms with Crippen molar-refractivity contribution in [2.75, 3.05) is 27.3 Å². The van der Waals surface area contributed by atoms with E-state index in [1.165, 1.54) is 0 Å². The van der Waals surface area contributed by atoms with Crippen molar-refractivity contribution >= 4 is 5.96 Å². The summed E-state index contributed by atoms with van der Waals surface area (Å²) in [6.07, 6.45) is 2.44. The lowest BCUT2D eigenvalue weighted by Crippen LogP contribution is -2.39. The number of rotatable bonds is 8. The summed E-state index contributed by atoms with van der Waals surface area (Å²) in [5, 5.41) is 6.68. The topological polar surface area (TPSA) is 68.0 Å². The molecule has 6 heteroatoms. The monoisotopic (exact) mass is 345 g/mol. The fraction of sp³-hybridized carbons (Fsp3) is 0.421. The van der Waals surface area contributed by atoms with Crippen LogP contribution in [0.15, 0.2) is 46.0 Å². The van der Waals surface area contributed by atoms with Crippen LogP contribution in [0.5, 0.6) is 11.5 Å². The Balaban J connectivity index is 2.07. The Morgan fingerprint density at radius 3 is 2.72 bits per heavy atom. The summed E-state index contributed by atoms with van der Waals surface area (Å²) in [6, 6.07) is 9.62. The van der Waals surface area contributed by atoms with Crippen molar-refractivity contribution in [1.82, 2.24) is 10.6 Å². The maximum atomic E-state index is 5.47. The van der Waals surface area contributed by atoms with E-state index in [1.807, 2.05) is 37.3 Å². The number of guanidine groups is 1. The minimum Gasteiger partial charge on any atom is -0.497 e. The van der Waals surface area contributed by atoms with Gasteiger partial charge in [0.15, 0.2) is 5.96 Å². The zero-order chi connectivity index (χ0) is 18.1. The van der Waals surface area contributed by atoms with E-state index < -0.39 is 0 Å². The van der Waals surface area contributed by atoms with Gasteiger partial charge < -0.3 is 24.5 Å². The highest BCUT2D eigenvalue weighted by Gasteiger charge is 2.14. The van der Waals surface area contributed by atoms with Crippen molar-refractivity contribution in [1.29, 1.82) is 0 Å². The smallest absolute Gasteiger partial charge is 0.191 e. The van der Waals surface area contributed by atoms with Crippen molar-refractivity contribution in [2.24, 2.45) is 4.99 Å². The number of aliphatic imine (C=N–C) groups is 1. The minimum absolute atomic E-state index is 0.00598. The average molecular weight is 345 g/mol. The van der Waals surface area contributed by atoms with Crippen molar-refractivity contribution in [3.05, 3.63) is 47.9 Å². The van der Waals surface area contributed by atoms with E-state index in [-0.39, 0.29) is 6.04 Å². The maximum absolute atomic E-state index is 5.47. The van der Waals surface area contributed by atoms with E-state index >= 15 is 0 Å². The van der Waals surface area contributed by atoms with E-state index in [0.717, 1.165) is 41.7 Å². The lowest BCUT2D eigenvalue weighted by atomic mass is 10.1. The Hall–Kier alpha value is -2.63. The van der Waals surface area contributed by atoms with Gasteiger partial charge in [0.1, 0.15) is 17.3 Å². The van der Waals surface area contributed by atoms with E-state index in [9.17, 15) is 0 Å². The van der Waals surface area contributed by atoms with E-state index in [1.54, 1.807) is 20.5 Å². The highest BCUT2D eigenvalue weighted by Crippen LogP contribution is 2.29. The summed E-state index contributed by atoms with van der Waals surface area (Å²) in [6.45, 7) is 5.54. The third-order valence-electron chi connectivity index (χ3n) is 3.81. The first-order valence-corrected chi connectivity index (χ1v) is 8.47. The van der Waals surface area contributed by atoms with Crippen LogP contribution in [0.4, 0.5) is 0 Å². The van der Waals surface area contributed by atoms with Gasteiger partial charge in [0, 0.05) is 25.1 Å². The Bertz CT molecular complexity index is 669. The molecule has 2 rings (SSSR count). The first-order chi connectivity index (χ1) is 12.2. The van der Waals surface area contributed by atoms with Gasteiger partial charge in [-0.1, -0.05) is 0 Å². The van der Waals surface area contributed by atoms with Crippen LogP contribution in [-0.2, 0) is 6.42 Å². The van der Waals surface area contributed by atoms with E-state index in [4.69, 9.17) is 13.9 Å². The first-order valence-electron chi connectivity index (χ1n) is 8.47. The molecule has 0 saturated heterocycles. The number of nitrogens with one attached hydrogen (secondary N) is 2. The normalized spacial score (nSPS) is 12.6. The van der Waals surface area contributed by atoms with Gasteiger partial charge in [-0.2, -0.15) is 0 Å². The lowest BCUT2D eigenvalue weighted by Gasteiger charge is -2.20. The Kier molecular flexibility index (Phi) is 7.19. The van der Waals surface area contributed by atoms with Crippen molar-refractivity contribution < 1.29 is 13.9 Å². The van der Waals surface area contributed by atoms with Crippen LogP contribution >= 0.6 is 0 Å². The quantitative estimate of drug-likeness (QED) is 0.568. The number of methoxy groups -OCH3 is 2. The van der Waals surface area contributed by atoms with Gasteiger partial charge >= 0.3 is 0 Å². The molecule has 0 aliphatic rings. The molecular weight excluding hydrogens is 318 g/mol. The van der Waals surface area contributed by atoms with Crippen molar-refractivity contribution in [2.45, 2.75) is 26.3 Å². The third kappa shape index (κ3) is 5.45. The molecule has 136 valence electrons. The molecule has 0 amide bonds. The standard InChI is InChI=1S/C19H27N3O3/c1-5-20-19(21-11-10-15-7-6-12-25-15)22-14(2)17-13-16(23-3)8-9-18(17)24-4/h6-9,12-14H,5,10-11H2,1-4H3,(H2,20,21,22). The lowest BCUT2D eigenvalue weighted by molar-refractivity contribution is 0.394. The van der Waals surface area contributed by atoms with Crippen LogP contribution in [0.2, 0.25) is 0 Å². The molecule has 0 bridgehead atoms. The zero-order valence-electron chi connectivity index (χ0n) is 15.3. The number of furan rings is 1. The maximum Gasteiger partial charge on any atom is 0.191 e. The molecule has 1 aromatic heterocycles. The molecule has 0 aliphatic heterocycles. The minimum atomic E-state index is 0.00598. The van der Waals surface area contributed by atoms with Gasteiger partial charge in [-0.25, -0.2) is 0 Å². The summed E-state index contributed by atoms with van der Waals surface area (Å²) in [5.41, 5.74) is 1.01. The molecule has 6 nitrogen and oxygen atoms in total. The molecule has 2 aromatic rings. The van der Waals surface area contributed by atoms with Crippen LogP contribution in [0.3, 0.4) is 0 Å². The largest absolute Gasteiger partial charge is 0.497 e. The SMILES string of the molecule is CCNC(=NCCc1ccco1)NC(C)c1cc(OC)ccc1OC. The van der Waals surface area contributed by atoms with Gasteiger partial charge in [-0.05, 0) is 44.2 Å². The van der Waals surface area contributed by atoms with E-state index in [2.05, 4.69) is 22.5 Å². The second-order valence-electron chi connectivity index (χ2n) is 5.56. The summed E-state index contributed by atoms with van der Waals surface area (Å²) in [5.74, 6) is 3.30. The first kappa shape index (κ1) is 18.7. The van der Waals surface area contributed by atoms with Crippen molar-refractivity contribution in [3.8, 4) is 11.5 Å². The molecule has 0 fully saturated rings. The molecule has 0 radical (unpaired) electrons. The highest BCUT2D eigenvalue weighted by molar-refractivity contribution is 5.80. The molecular formula is C19H27N3O3. The number of nitrogens with zero attached hydrogens (tertiary/aromatic N) is 1. The van der Waals surface area contributed by atoms with Crippen LogP contribution in [-0.4, -0.2) is 33.3 Å². The van der Waals surface area contributed by atoms with Crippen molar-refractivity contribution in [3.63, 3.8) is 0 Å². The summed E-state index contributed by atoms with van der Waals surface area (Å²) in [4.78, 5) is 4.61. The number of hydrogen-bond donors (Lipinski definition) is 2. The summed E-state index contributed by atoms with van der Waals surface area (Å²) >= 11 is 0. The summed E-state index contributed by atoms with van der Waals surface area (Å²) in [7, 11) is 3.32. The van der Waals surface area contributed by atoms with Crippen LogP contribution in [0, 0.1) is 0 Å². The molecule has 1 unspecified atom stereocenters. The van der Waals surface area contributed by atoms with Gasteiger partial charge in [0.05, 0.1) is 26.5 Å². The molecule has 0 aliphatic carbocycles. The van der Waals surface area contributed by atoms with Gasteiger partial charge in [0.25, 0.3) is 0 Å². The predicted octanol–water partition coefficient (Wildman–Crippen LogP) is 3.16. The summed E-state index contributed by atoms with van der Waals surface area (Å²) < 4.78 is 16.1. The van der Waals surface area contributed by atoms with Gasteiger partial charge in [-0.3, -0.25) is 4.99 Å². The molecule has 0 saturated carbocycles. The number of ether oxygens (including phenoxy) is 2. The second-order valence-corrected chi connectivity index (χ2v) is 5.56. The highest BCUT2D eigenvalue weighted by atomic mass is 16.5. The third-order valence-corrected chi connectivity index (χ3v) is 3.81. The van der Waals surface area contributed by atoms with Crippen LogP contribution < -0.4 is 20.1 Å². The molecule has 2 N–H and O–H groups in total. The zero-order valence-corrected chi connectivity index (χ0v) is 15.3. The Labute approximate surface area is 149 Å².